The minimum absolute atomic E-state index is 0.0232. The van der Waals surface area contributed by atoms with Gasteiger partial charge in [-0.2, -0.15) is 4.99 Å². The number of nitrogens with two attached hydrogens (primary N) is 1. The van der Waals surface area contributed by atoms with Gasteiger partial charge in [0.15, 0.2) is 5.17 Å². The van der Waals surface area contributed by atoms with Crippen molar-refractivity contribution in [3.63, 3.8) is 0 Å². The van der Waals surface area contributed by atoms with E-state index < -0.39 is 0 Å². The van der Waals surface area contributed by atoms with Crippen LogP contribution in [0.4, 0.5) is 0 Å². The van der Waals surface area contributed by atoms with Crippen molar-refractivity contribution >= 4 is 22.8 Å². The first-order chi connectivity index (χ1) is 5.65. The zero-order chi connectivity index (χ0) is 9.14. The van der Waals surface area contributed by atoms with Gasteiger partial charge < -0.3 is 5.73 Å². The second kappa shape index (κ2) is 3.94. The van der Waals surface area contributed by atoms with Crippen molar-refractivity contribution in [1.82, 2.24) is 0 Å². The van der Waals surface area contributed by atoms with Crippen LogP contribution in [-0.4, -0.2) is 16.3 Å². The SMILES string of the molecule is CCCC(C)C1SC(N)=NC1=O. The summed E-state index contributed by atoms with van der Waals surface area (Å²) in [6.07, 6.45) is 2.16. The first kappa shape index (κ1) is 9.58. The monoisotopic (exact) mass is 186 g/mol. The molecule has 0 fully saturated rings. The number of carbonyl (C=O) groups excluding carboxylic acids is 1. The van der Waals surface area contributed by atoms with Gasteiger partial charge in [0.1, 0.15) is 0 Å². The van der Waals surface area contributed by atoms with Gasteiger partial charge in [0.05, 0.1) is 5.25 Å². The molecule has 0 aliphatic carbocycles. The second-order valence-electron chi connectivity index (χ2n) is 3.09. The zero-order valence-corrected chi connectivity index (χ0v) is 8.23. The van der Waals surface area contributed by atoms with E-state index in [9.17, 15) is 4.79 Å². The van der Waals surface area contributed by atoms with Crippen molar-refractivity contribution in [3.05, 3.63) is 0 Å². The van der Waals surface area contributed by atoms with Gasteiger partial charge in [-0.25, -0.2) is 0 Å². The summed E-state index contributed by atoms with van der Waals surface area (Å²) in [6.45, 7) is 4.19. The number of thioether (sulfide) groups is 1. The zero-order valence-electron chi connectivity index (χ0n) is 7.41. The Morgan fingerprint density at radius 2 is 2.42 bits per heavy atom. The summed E-state index contributed by atoms with van der Waals surface area (Å²) in [5.41, 5.74) is 5.44. The molecule has 0 radical (unpaired) electrons. The van der Waals surface area contributed by atoms with Crippen LogP contribution in [0.3, 0.4) is 0 Å². The molecule has 0 saturated heterocycles. The number of aliphatic imine (C=N–C) groups is 1. The van der Waals surface area contributed by atoms with Crippen molar-refractivity contribution < 1.29 is 4.79 Å². The summed E-state index contributed by atoms with van der Waals surface area (Å²) in [6, 6.07) is 0. The number of hydrogen-bond donors (Lipinski definition) is 1. The van der Waals surface area contributed by atoms with Crippen molar-refractivity contribution in [1.29, 1.82) is 0 Å². The fraction of sp³-hybridized carbons (Fsp3) is 0.750. The maximum Gasteiger partial charge on any atom is 0.261 e. The lowest BCUT2D eigenvalue weighted by Gasteiger charge is -2.14. The normalized spacial score (nSPS) is 25.7. The quantitative estimate of drug-likeness (QED) is 0.724. The van der Waals surface area contributed by atoms with Crippen LogP contribution in [0.1, 0.15) is 26.7 Å². The number of amidine groups is 1. The lowest BCUT2D eigenvalue weighted by molar-refractivity contribution is -0.117. The summed E-state index contributed by atoms with van der Waals surface area (Å²) >= 11 is 1.40. The molecule has 1 aliphatic rings. The van der Waals surface area contributed by atoms with Crippen LogP contribution in [0.5, 0.6) is 0 Å². The van der Waals surface area contributed by atoms with Gasteiger partial charge in [-0.05, 0) is 12.3 Å². The van der Waals surface area contributed by atoms with E-state index in [4.69, 9.17) is 5.73 Å². The highest BCUT2D eigenvalue weighted by atomic mass is 32.2. The molecular weight excluding hydrogens is 172 g/mol. The summed E-state index contributed by atoms with van der Waals surface area (Å²) in [7, 11) is 0. The average Bonchev–Trinajstić information content (AvgIpc) is 2.30. The first-order valence-electron chi connectivity index (χ1n) is 4.19. The van der Waals surface area contributed by atoms with E-state index in [-0.39, 0.29) is 11.2 Å². The third-order valence-corrected chi connectivity index (χ3v) is 3.23. The molecule has 2 unspecified atom stereocenters. The largest absolute Gasteiger partial charge is 0.378 e. The molecule has 0 saturated carbocycles. The molecule has 0 spiro atoms. The van der Waals surface area contributed by atoms with Crippen LogP contribution >= 0.6 is 11.8 Å². The van der Waals surface area contributed by atoms with Crippen molar-refractivity contribution in [2.75, 3.05) is 0 Å². The van der Waals surface area contributed by atoms with E-state index in [1.54, 1.807) is 0 Å². The second-order valence-corrected chi connectivity index (χ2v) is 4.25. The lowest BCUT2D eigenvalue weighted by atomic mass is 10.0. The molecule has 2 atom stereocenters. The molecule has 1 amide bonds. The Bertz CT molecular complexity index is 215. The third kappa shape index (κ3) is 2.00. The molecule has 0 aromatic carbocycles. The van der Waals surface area contributed by atoms with Gasteiger partial charge in [-0.1, -0.05) is 32.0 Å². The van der Waals surface area contributed by atoms with Gasteiger partial charge in [-0.3, -0.25) is 4.79 Å². The minimum atomic E-state index is -0.0570. The Morgan fingerprint density at radius 3 is 2.83 bits per heavy atom. The summed E-state index contributed by atoms with van der Waals surface area (Å²) in [4.78, 5) is 14.9. The molecule has 3 nitrogen and oxygen atoms in total. The highest BCUT2D eigenvalue weighted by Gasteiger charge is 2.31. The summed E-state index contributed by atoms with van der Waals surface area (Å²) < 4.78 is 0. The molecule has 1 rings (SSSR count). The highest BCUT2D eigenvalue weighted by molar-refractivity contribution is 8.15. The molecule has 12 heavy (non-hydrogen) atoms. The number of rotatable bonds is 3. The molecule has 1 heterocycles. The van der Waals surface area contributed by atoms with Crippen molar-refractivity contribution in [2.24, 2.45) is 16.6 Å². The molecule has 0 aromatic heterocycles. The van der Waals surface area contributed by atoms with Crippen LogP contribution in [0, 0.1) is 5.92 Å². The van der Waals surface area contributed by atoms with Crippen LogP contribution in [-0.2, 0) is 4.79 Å². The van der Waals surface area contributed by atoms with Gasteiger partial charge in [0.25, 0.3) is 5.91 Å². The van der Waals surface area contributed by atoms with Gasteiger partial charge >= 0.3 is 0 Å². The molecule has 68 valence electrons. The third-order valence-electron chi connectivity index (χ3n) is 1.97. The number of carbonyl (C=O) groups is 1. The predicted octanol–water partition coefficient (Wildman–Crippen LogP) is 1.38. The van der Waals surface area contributed by atoms with Crippen LogP contribution in [0.25, 0.3) is 0 Å². The Morgan fingerprint density at radius 1 is 1.75 bits per heavy atom. The fourth-order valence-corrected chi connectivity index (χ4v) is 2.27. The fourth-order valence-electron chi connectivity index (χ4n) is 1.35. The van der Waals surface area contributed by atoms with Crippen molar-refractivity contribution in [3.8, 4) is 0 Å². The van der Waals surface area contributed by atoms with Crippen molar-refractivity contribution in [2.45, 2.75) is 31.9 Å². The maximum absolute atomic E-state index is 11.2. The molecular formula is C8H14N2OS. The molecule has 0 bridgehead atoms. The predicted molar refractivity (Wildman–Crippen MR) is 52.1 cm³/mol. The molecule has 4 heteroatoms. The smallest absolute Gasteiger partial charge is 0.261 e. The van der Waals surface area contributed by atoms with E-state index in [0.29, 0.717) is 11.1 Å². The van der Waals surface area contributed by atoms with Crippen LogP contribution in [0.15, 0.2) is 4.99 Å². The molecule has 2 N–H and O–H groups in total. The molecule has 1 aliphatic heterocycles. The van der Waals surface area contributed by atoms with E-state index in [0.717, 1.165) is 12.8 Å². The van der Waals surface area contributed by atoms with Crippen LogP contribution < -0.4 is 5.73 Å². The Labute approximate surface area is 76.8 Å². The topological polar surface area (TPSA) is 55.4 Å². The highest BCUT2D eigenvalue weighted by Crippen LogP contribution is 2.28. The Hall–Kier alpha value is -0.510. The lowest BCUT2D eigenvalue weighted by Crippen LogP contribution is -2.20. The van der Waals surface area contributed by atoms with Gasteiger partial charge in [0.2, 0.25) is 0 Å². The van der Waals surface area contributed by atoms with E-state index >= 15 is 0 Å². The Kier molecular flexibility index (Phi) is 3.14. The molecule has 0 aromatic rings. The minimum Gasteiger partial charge on any atom is -0.378 e. The Balaban J connectivity index is 2.51. The van der Waals surface area contributed by atoms with E-state index in [1.807, 2.05) is 0 Å². The van der Waals surface area contributed by atoms with E-state index in [2.05, 4.69) is 18.8 Å². The van der Waals surface area contributed by atoms with E-state index in [1.165, 1.54) is 11.8 Å². The maximum atomic E-state index is 11.2. The van der Waals surface area contributed by atoms with Crippen LogP contribution in [0.2, 0.25) is 0 Å². The standard InChI is InChI=1S/C8H14N2OS/c1-3-4-5(2)6-7(11)10-8(9)12-6/h5-6H,3-4H2,1-2H3,(H2,9,10,11). The average molecular weight is 186 g/mol. The van der Waals surface area contributed by atoms with Gasteiger partial charge in [-0.15, -0.1) is 0 Å². The summed E-state index contributed by atoms with van der Waals surface area (Å²) in [5.74, 6) is 0.329. The first-order valence-corrected chi connectivity index (χ1v) is 5.07. The number of hydrogen-bond acceptors (Lipinski definition) is 3. The number of nitrogens with zero attached hydrogens (tertiary/aromatic N) is 1. The number of amides is 1. The summed E-state index contributed by atoms with van der Waals surface area (Å²) in [5, 5.41) is 0.401. The van der Waals surface area contributed by atoms with Gasteiger partial charge in [0, 0.05) is 0 Å².